The van der Waals surface area contributed by atoms with Gasteiger partial charge in [-0.2, -0.15) is 0 Å². The number of benzene rings is 2. The van der Waals surface area contributed by atoms with Crippen LogP contribution in [0.5, 0.6) is 5.75 Å². The fourth-order valence-corrected chi connectivity index (χ4v) is 2.15. The summed E-state index contributed by atoms with van der Waals surface area (Å²) in [6.07, 6.45) is 5.16. The van der Waals surface area contributed by atoms with Gasteiger partial charge in [0, 0.05) is 6.21 Å². The van der Waals surface area contributed by atoms with Crippen molar-refractivity contribution in [1.29, 1.82) is 0 Å². The van der Waals surface area contributed by atoms with Crippen molar-refractivity contribution in [2.24, 2.45) is 4.99 Å². The van der Waals surface area contributed by atoms with Crippen molar-refractivity contribution in [2.45, 2.75) is 26.2 Å². The third-order valence-electron chi connectivity index (χ3n) is 3.39. The van der Waals surface area contributed by atoms with E-state index in [9.17, 15) is 4.79 Å². The molecule has 1 N–H and O–H groups in total. The van der Waals surface area contributed by atoms with Gasteiger partial charge in [0.2, 0.25) is 0 Å². The minimum Gasteiger partial charge on any atom is -0.482 e. The van der Waals surface area contributed by atoms with Crippen LogP contribution in [0.3, 0.4) is 0 Å². The molecule has 2 aromatic carbocycles. The Morgan fingerprint density at radius 1 is 1.17 bits per heavy atom. The molecule has 0 spiro atoms. The van der Waals surface area contributed by atoms with Crippen LogP contribution in [-0.2, 0) is 11.2 Å². The molecule has 0 aliphatic carbocycles. The van der Waals surface area contributed by atoms with Gasteiger partial charge in [0.05, 0.1) is 5.69 Å². The van der Waals surface area contributed by atoms with E-state index in [-0.39, 0.29) is 6.61 Å². The lowest BCUT2D eigenvalue weighted by Gasteiger charge is -2.05. The van der Waals surface area contributed by atoms with Crippen LogP contribution >= 0.6 is 0 Å². The number of unbranched alkanes of at least 4 members (excludes halogenated alkanes) is 1. The van der Waals surface area contributed by atoms with E-state index >= 15 is 0 Å². The number of aryl methyl sites for hydroxylation is 1. The summed E-state index contributed by atoms with van der Waals surface area (Å²) in [5.41, 5.74) is 3.19. The zero-order valence-corrected chi connectivity index (χ0v) is 13.2. The second kappa shape index (κ2) is 8.73. The number of rotatable bonds is 8. The number of ether oxygens (including phenoxy) is 1. The highest BCUT2D eigenvalue weighted by atomic mass is 16.5. The molecule has 2 rings (SSSR count). The van der Waals surface area contributed by atoms with Gasteiger partial charge >= 0.3 is 5.97 Å². The summed E-state index contributed by atoms with van der Waals surface area (Å²) < 4.78 is 5.10. The Morgan fingerprint density at radius 3 is 2.61 bits per heavy atom. The first-order valence-corrected chi connectivity index (χ1v) is 7.75. The molecule has 0 atom stereocenters. The molecule has 4 heteroatoms. The maximum Gasteiger partial charge on any atom is 0.341 e. The fraction of sp³-hybridized carbons (Fsp3) is 0.263. The van der Waals surface area contributed by atoms with Gasteiger partial charge in [-0.05, 0) is 54.3 Å². The predicted octanol–water partition coefficient (Wildman–Crippen LogP) is 4.24. The number of carboxylic acid groups (broad SMARTS) is 1. The summed E-state index contributed by atoms with van der Waals surface area (Å²) in [7, 11) is 0. The number of carbonyl (C=O) groups is 1. The minimum atomic E-state index is -0.987. The Kier molecular flexibility index (Phi) is 6.36. The molecule has 2 aromatic rings. The Balaban J connectivity index is 2.04. The summed E-state index contributed by atoms with van der Waals surface area (Å²) in [6.45, 7) is 1.85. The van der Waals surface area contributed by atoms with Gasteiger partial charge < -0.3 is 9.84 Å². The van der Waals surface area contributed by atoms with Crippen LogP contribution in [0.15, 0.2) is 53.5 Å². The van der Waals surface area contributed by atoms with Crippen molar-refractivity contribution in [1.82, 2.24) is 0 Å². The number of hydrogen-bond acceptors (Lipinski definition) is 3. The molecule has 120 valence electrons. The first-order chi connectivity index (χ1) is 11.2. The van der Waals surface area contributed by atoms with Crippen molar-refractivity contribution in [3.05, 3.63) is 59.7 Å². The zero-order chi connectivity index (χ0) is 16.5. The second-order valence-electron chi connectivity index (χ2n) is 5.24. The molecule has 0 aliphatic rings. The maximum atomic E-state index is 10.5. The number of aliphatic carboxylic acids is 1. The van der Waals surface area contributed by atoms with Crippen LogP contribution in [0, 0.1) is 0 Å². The van der Waals surface area contributed by atoms with Gasteiger partial charge in [0.1, 0.15) is 5.75 Å². The molecule has 0 saturated carbocycles. The first kappa shape index (κ1) is 16.7. The molecule has 0 radical (unpaired) electrons. The van der Waals surface area contributed by atoms with Gasteiger partial charge in [-0.25, -0.2) is 4.79 Å². The lowest BCUT2D eigenvalue weighted by Crippen LogP contribution is -2.09. The van der Waals surface area contributed by atoms with Gasteiger partial charge in [-0.1, -0.05) is 31.5 Å². The van der Waals surface area contributed by atoms with E-state index in [1.54, 1.807) is 12.1 Å². The Bertz CT molecular complexity index is 663. The summed E-state index contributed by atoms with van der Waals surface area (Å²) in [4.78, 5) is 15.0. The van der Waals surface area contributed by atoms with Crippen molar-refractivity contribution in [3.8, 4) is 5.75 Å². The lowest BCUT2D eigenvalue weighted by atomic mass is 10.1. The summed E-state index contributed by atoms with van der Waals surface area (Å²) in [5, 5.41) is 8.58. The van der Waals surface area contributed by atoms with Gasteiger partial charge in [0.15, 0.2) is 6.61 Å². The zero-order valence-electron chi connectivity index (χ0n) is 13.2. The Morgan fingerprint density at radius 2 is 1.91 bits per heavy atom. The highest BCUT2D eigenvalue weighted by Gasteiger charge is 2.00. The van der Waals surface area contributed by atoms with E-state index in [2.05, 4.69) is 18.0 Å². The second-order valence-corrected chi connectivity index (χ2v) is 5.24. The topological polar surface area (TPSA) is 58.9 Å². The molecule has 0 amide bonds. The molecule has 0 aliphatic heterocycles. The smallest absolute Gasteiger partial charge is 0.341 e. The predicted molar refractivity (Wildman–Crippen MR) is 91.9 cm³/mol. The number of aliphatic imine (C=N–C) groups is 1. The van der Waals surface area contributed by atoms with E-state index in [0.717, 1.165) is 30.5 Å². The van der Waals surface area contributed by atoms with Gasteiger partial charge in [-0.15, -0.1) is 0 Å². The van der Waals surface area contributed by atoms with Crippen molar-refractivity contribution < 1.29 is 14.6 Å². The van der Waals surface area contributed by atoms with E-state index < -0.39 is 5.97 Å². The largest absolute Gasteiger partial charge is 0.482 e. The molecule has 0 fully saturated rings. The van der Waals surface area contributed by atoms with Gasteiger partial charge in [0.25, 0.3) is 0 Å². The molecule has 4 nitrogen and oxygen atoms in total. The van der Waals surface area contributed by atoms with E-state index in [1.807, 2.05) is 36.5 Å². The van der Waals surface area contributed by atoms with Crippen LogP contribution in [0.4, 0.5) is 5.69 Å². The van der Waals surface area contributed by atoms with E-state index in [1.165, 1.54) is 5.56 Å². The van der Waals surface area contributed by atoms with Crippen LogP contribution in [0.2, 0.25) is 0 Å². The monoisotopic (exact) mass is 311 g/mol. The first-order valence-electron chi connectivity index (χ1n) is 7.75. The average Bonchev–Trinajstić information content (AvgIpc) is 2.58. The third kappa shape index (κ3) is 5.58. The molecule has 0 aromatic heterocycles. The standard InChI is InChI=1S/C19H21NO3/c1-2-3-6-16-7-4-5-8-18(16)20-13-15-9-11-17(12-10-15)23-14-19(21)22/h4-5,7-13H,2-3,6,14H2,1H3,(H,21,22). The average molecular weight is 311 g/mol. The van der Waals surface area contributed by atoms with Crippen LogP contribution in [0.25, 0.3) is 0 Å². The van der Waals surface area contributed by atoms with E-state index in [0.29, 0.717) is 5.75 Å². The van der Waals surface area contributed by atoms with Crippen molar-refractivity contribution in [2.75, 3.05) is 6.61 Å². The molecule has 0 unspecified atom stereocenters. The normalized spacial score (nSPS) is 10.8. The highest BCUT2D eigenvalue weighted by molar-refractivity contribution is 5.82. The lowest BCUT2D eigenvalue weighted by molar-refractivity contribution is -0.139. The SMILES string of the molecule is CCCCc1ccccc1N=Cc1ccc(OCC(=O)O)cc1. The molecular formula is C19H21NO3. The Hall–Kier alpha value is -2.62. The molecule has 0 bridgehead atoms. The van der Waals surface area contributed by atoms with Crippen molar-refractivity contribution >= 4 is 17.9 Å². The van der Waals surface area contributed by atoms with Gasteiger partial charge in [-0.3, -0.25) is 4.99 Å². The molecule has 0 saturated heterocycles. The quantitative estimate of drug-likeness (QED) is 0.742. The highest BCUT2D eigenvalue weighted by Crippen LogP contribution is 2.21. The third-order valence-corrected chi connectivity index (χ3v) is 3.39. The summed E-state index contributed by atoms with van der Waals surface area (Å²) in [6, 6.07) is 15.4. The number of para-hydroxylation sites is 1. The number of nitrogens with zero attached hydrogens (tertiary/aromatic N) is 1. The summed E-state index contributed by atoms with van der Waals surface area (Å²) in [5.74, 6) is -0.452. The summed E-state index contributed by atoms with van der Waals surface area (Å²) >= 11 is 0. The Labute approximate surface area is 136 Å². The number of hydrogen-bond donors (Lipinski definition) is 1. The maximum absolute atomic E-state index is 10.5. The molecule has 23 heavy (non-hydrogen) atoms. The fourth-order valence-electron chi connectivity index (χ4n) is 2.15. The van der Waals surface area contributed by atoms with E-state index in [4.69, 9.17) is 9.84 Å². The van der Waals surface area contributed by atoms with Crippen LogP contribution in [0.1, 0.15) is 30.9 Å². The van der Waals surface area contributed by atoms with Crippen molar-refractivity contribution in [3.63, 3.8) is 0 Å². The van der Waals surface area contributed by atoms with Crippen LogP contribution in [-0.4, -0.2) is 23.9 Å². The molecular weight excluding hydrogens is 290 g/mol. The molecule has 0 heterocycles. The minimum absolute atomic E-state index is 0.335. The number of carboxylic acids is 1. The van der Waals surface area contributed by atoms with Crippen LogP contribution < -0.4 is 4.74 Å².